The summed E-state index contributed by atoms with van der Waals surface area (Å²) in [6, 6.07) is 0. The topological polar surface area (TPSA) is 17.1 Å². The zero-order valence-electron chi connectivity index (χ0n) is 13.2. The summed E-state index contributed by atoms with van der Waals surface area (Å²) in [5.74, 6) is 0. The van der Waals surface area contributed by atoms with E-state index in [1.54, 1.807) is 0 Å². The Labute approximate surface area is 128 Å². The van der Waals surface area contributed by atoms with Gasteiger partial charge in [0.25, 0.3) is 0 Å². The Kier molecular flexibility index (Phi) is 5.40. The van der Waals surface area contributed by atoms with Crippen LogP contribution in [0.2, 0.25) is 14.1 Å². The molecule has 3 rings (SSSR count). The van der Waals surface area contributed by atoms with Crippen LogP contribution < -0.4 is 0 Å². The predicted molar refractivity (Wildman–Crippen MR) is 86.9 cm³/mol. The molecule has 1 nitrogen and oxygen atoms in total. The van der Waals surface area contributed by atoms with Gasteiger partial charge in [-0.15, -0.1) is 0 Å². The van der Waals surface area contributed by atoms with Crippen molar-refractivity contribution in [3.8, 4) is 0 Å². The van der Waals surface area contributed by atoms with Crippen molar-refractivity contribution in [2.24, 2.45) is 0 Å². The van der Waals surface area contributed by atoms with Gasteiger partial charge in [-0.3, -0.25) is 0 Å². The molecule has 0 amide bonds. The quantitative estimate of drug-likeness (QED) is 0.546. The van der Waals surface area contributed by atoms with Crippen LogP contribution in [-0.2, 0) is 3.74 Å². The molecule has 3 saturated carbocycles. The average Bonchev–Trinajstić information content (AvgIpc) is 2.56. The summed E-state index contributed by atoms with van der Waals surface area (Å²) in [5, 5.41) is 0. The first-order valence-electron chi connectivity index (χ1n) is 9.41. The van der Waals surface area contributed by atoms with Crippen molar-refractivity contribution in [2.75, 3.05) is 0 Å². The van der Waals surface area contributed by atoms with Gasteiger partial charge in [-0.25, -0.2) is 0 Å². The molecule has 3 fully saturated rings. The van der Waals surface area contributed by atoms with Gasteiger partial charge in [-0.2, -0.15) is 0 Å². The Balaban J connectivity index is 1.81. The summed E-state index contributed by atoms with van der Waals surface area (Å²) >= 11 is -2.71. The summed E-state index contributed by atoms with van der Waals surface area (Å²) in [6.45, 7) is 0. The minimum absolute atomic E-state index is 0.688. The van der Waals surface area contributed by atoms with E-state index in [0.717, 1.165) is 0 Å². The van der Waals surface area contributed by atoms with E-state index in [0.29, 0.717) is 14.1 Å². The third-order valence-corrected chi connectivity index (χ3v) is 16.9. The normalized spacial score (nSPS) is 28.6. The first kappa shape index (κ1) is 15.3. The van der Waals surface area contributed by atoms with Gasteiger partial charge < -0.3 is 0 Å². The minimum atomic E-state index is -2.71. The molecule has 2 heteroatoms. The van der Waals surface area contributed by atoms with Crippen molar-refractivity contribution in [1.82, 2.24) is 0 Å². The second-order valence-corrected chi connectivity index (χ2v) is 15.4. The van der Waals surface area contributed by atoms with E-state index >= 15 is 0 Å². The van der Waals surface area contributed by atoms with E-state index < -0.39 is 13.5 Å². The van der Waals surface area contributed by atoms with Crippen LogP contribution in [0.3, 0.4) is 0 Å². The van der Waals surface area contributed by atoms with Gasteiger partial charge in [0.2, 0.25) is 0 Å². The first-order valence-corrected chi connectivity index (χ1v) is 13.4. The number of hydrogen-bond acceptors (Lipinski definition) is 1. The molecule has 3 aliphatic carbocycles. The third-order valence-electron chi connectivity index (χ3n) is 6.44. The molecule has 0 saturated heterocycles. The Hall–Kier alpha value is 0.358. The van der Waals surface area contributed by atoms with Crippen molar-refractivity contribution < 1.29 is 3.74 Å². The third kappa shape index (κ3) is 3.08. The van der Waals surface area contributed by atoms with Crippen LogP contribution in [0, 0.1) is 0 Å². The van der Waals surface area contributed by atoms with E-state index in [-0.39, 0.29) is 0 Å². The van der Waals surface area contributed by atoms with Gasteiger partial charge in [-0.05, 0) is 0 Å². The molecule has 0 aliphatic heterocycles. The standard InChI is InChI=1S/C18H33AsO/c20-19(16-10-4-1-5-11-16,17-12-6-2-7-13-17)18-14-8-3-9-15-18/h16-18H,1-15H2. The van der Waals surface area contributed by atoms with Crippen LogP contribution in [0.4, 0.5) is 0 Å². The summed E-state index contributed by atoms with van der Waals surface area (Å²) in [7, 11) is 0. The monoisotopic (exact) mass is 340 g/mol. The van der Waals surface area contributed by atoms with Crippen LogP contribution in [0.25, 0.3) is 0 Å². The van der Waals surface area contributed by atoms with Crippen molar-refractivity contribution in [3.05, 3.63) is 0 Å². The zero-order valence-corrected chi connectivity index (χ0v) is 15.1. The molecule has 20 heavy (non-hydrogen) atoms. The average molecular weight is 340 g/mol. The Morgan fingerprint density at radius 2 is 0.700 bits per heavy atom. The van der Waals surface area contributed by atoms with Crippen molar-refractivity contribution in [3.63, 3.8) is 0 Å². The van der Waals surface area contributed by atoms with Crippen LogP contribution in [0.5, 0.6) is 0 Å². The van der Waals surface area contributed by atoms with Gasteiger partial charge >= 0.3 is 128 Å². The Morgan fingerprint density at radius 3 is 0.950 bits per heavy atom. The van der Waals surface area contributed by atoms with Crippen LogP contribution >= 0.6 is 0 Å². The van der Waals surface area contributed by atoms with Gasteiger partial charge in [0.15, 0.2) is 0 Å². The van der Waals surface area contributed by atoms with Gasteiger partial charge in [-0.1, -0.05) is 0 Å². The summed E-state index contributed by atoms with van der Waals surface area (Å²) in [4.78, 5) is 0. The second kappa shape index (κ2) is 7.08. The maximum absolute atomic E-state index is 14.3. The van der Waals surface area contributed by atoms with E-state index in [4.69, 9.17) is 0 Å². The molecule has 0 heterocycles. The maximum atomic E-state index is 14.3. The van der Waals surface area contributed by atoms with E-state index in [1.165, 1.54) is 96.3 Å². The van der Waals surface area contributed by atoms with Gasteiger partial charge in [0.05, 0.1) is 0 Å². The molecule has 116 valence electrons. The molecular weight excluding hydrogens is 307 g/mol. The van der Waals surface area contributed by atoms with Gasteiger partial charge in [0, 0.05) is 0 Å². The Bertz CT molecular complexity index is 281. The summed E-state index contributed by atoms with van der Waals surface area (Å²) in [6.07, 6.45) is 20.4. The molecule has 0 bridgehead atoms. The zero-order chi connectivity index (χ0) is 13.8. The molecule has 0 aromatic rings. The molecule has 0 aromatic heterocycles. The Morgan fingerprint density at radius 1 is 0.450 bits per heavy atom. The second-order valence-electron chi connectivity index (χ2n) is 7.64. The van der Waals surface area contributed by atoms with Crippen LogP contribution in [0.1, 0.15) is 96.3 Å². The van der Waals surface area contributed by atoms with Crippen molar-refractivity contribution in [1.29, 1.82) is 0 Å². The fourth-order valence-electron chi connectivity index (χ4n) is 5.35. The SMILES string of the molecule is O=[As](C1CCCCC1)(C1CCCCC1)C1CCCCC1. The van der Waals surface area contributed by atoms with Gasteiger partial charge in [0.1, 0.15) is 0 Å². The molecule has 0 spiro atoms. The molecule has 0 unspecified atom stereocenters. The van der Waals surface area contributed by atoms with E-state index in [9.17, 15) is 3.74 Å². The fraction of sp³-hybridized carbons (Fsp3) is 1.00. The number of hydrogen-bond donors (Lipinski definition) is 0. The summed E-state index contributed by atoms with van der Waals surface area (Å²) in [5.41, 5.74) is 0. The van der Waals surface area contributed by atoms with Crippen molar-refractivity contribution in [2.45, 2.75) is 110 Å². The molecule has 3 aliphatic rings. The number of rotatable bonds is 3. The van der Waals surface area contributed by atoms with Crippen LogP contribution in [0.15, 0.2) is 0 Å². The molecular formula is C18H33AsO. The van der Waals surface area contributed by atoms with Crippen molar-refractivity contribution >= 4 is 13.5 Å². The first-order chi connectivity index (χ1) is 9.82. The molecule has 0 atom stereocenters. The molecule has 0 radical (unpaired) electrons. The van der Waals surface area contributed by atoms with E-state index in [1.807, 2.05) is 0 Å². The van der Waals surface area contributed by atoms with Crippen LogP contribution in [-0.4, -0.2) is 13.5 Å². The molecule has 0 aromatic carbocycles. The predicted octanol–water partition coefficient (Wildman–Crippen LogP) is 6.37. The molecule has 0 N–H and O–H groups in total. The summed E-state index contributed by atoms with van der Waals surface area (Å²) < 4.78 is 16.4. The fourth-order valence-corrected chi connectivity index (χ4v) is 16.5. The van der Waals surface area contributed by atoms with E-state index in [2.05, 4.69) is 0 Å².